The molecule has 0 aliphatic carbocycles. The lowest BCUT2D eigenvalue weighted by Gasteiger charge is -2.09. The van der Waals surface area contributed by atoms with Crippen LogP contribution in [0.5, 0.6) is 0 Å². The fourth-order valence-electron chi connectivity index (χ4n) is 2.46. The fourth-order valence-corrected chi connectivity index (χ4v) is 2.99. The first-order valence-electron chi connectivity index (χ1n) is 7.54. The maximum absolute atomic E-state index is 12.1. The average Bonchev–Trinajstić information content (AvgIpc) is 2.55. The van der Waals surface area contributed by atoms with E-state index >= 15 is 0 Å². The minimum atomic E-state index is -1.16. The Morgan fingerprint density at radius 3 is 2.50 bits per heavy atom. The summed E-state index contributed by atoms with van der Waals surface area (Å²) in [5.41, 5.74) is 2.11. The molecule has 0 bridgehead atoms. The van der Waals surface area contributed by atoms with E-state index in [1.165, 1.54) is 10.7 Å². The second kappa shape index (κ2) is 7.59. The van der Waals surface area contributed by atoms with Gasteiger partial charge in [0.1, 0.15) is 0 Å². The molecule has 0 fully saturated rings. The van der Waals surface area contributed by atoms with Gasteiger partial charge in [0.15, 0.2) is 0 Å². The molecule has 1 heterocycles. The summed E-state index contributed by atoms with van der Waals surface area (Å²) >= 11 is 12.0. The number of aromatic nitrogens is 2. The highest BCUT2D eigenvalue weighted by molar-refractivity contribution is 6.35. The van der Waals surface area contributed by atoms with E-state index in [4.69, 9.17) is 28.3 Å². The molecule has 0 spiro atoms. The summed E-state index contributed by atoms with van der Waals surface area (Å²) in [6, 6.07) is 14.8. The predicted octanol–water partition coefficient (Wildman–Crippen LogP) is 4.36. The molecule has 2 N–H and O–H groups in total. The smallest absolute Gasteiger partial charge is 0.409 e. The maximum Gasteiger partial charge on any atom is 0.409 e. The zero-order chi connectivity index (χ0) is 18.7. The number of anilines is 1. The van der Waals surface area contributed by atoms with E-state index in [2.05, 4.69) is 10.4 Å². The number of carbonyl (C=O) groups is 1. The average molecular weight is 390 g/mol. The largest absolute Gasteiger partial charge is 0.465 e. The topological polar surface area (TPSA) is 84.2 Å². The van der Waals surface area contributed by atoms with Crippen LogP contribution in [0.15, 0.2) is 59.4 Å². The van der Waals surface area contributed by atoms with E-state index in [-0.39, 0.29) is 12.1 Å². The molecule has 0 saturated heterocycles. The summed E-state index contributed by atoms with van der Waals surface area (Å²) in [5, 5.41) is 16.4. The van der Waals surface area contributed by atoms with E-state index in [1.54, 1.807) is 48.5 Å². The summed E-state index contributed by atoms with van der Waals surface area (Å²) < 4.78 is 1.30. The van der Waals surface area contributed by atoms with Crippen LogP contribution in [-0.4, -0.2) is 21.0 Å². The van der Waals surface area contributed by atoms with Crippen LogP contribution in [0.1, 0.15) is 5.56 Å². The highest BCUT2D eigenvalue weighted by Crippen LogP contribution is 2.25. The molecule has 3 aromatic rings. The second-order valence-electron chi connectivity index (χ2n) is 5.50. The Bertz CT molecular complexity index is 1010. The van der Waals surface area contributed by atoms with Crippen molar-refractivity contribution in [2.75, 3.05) is 5.32 Å². The van der Waals surface area contributed by atoms with Crippen LogP contribution in [0.2, 0.25) is 10.0 Å². The Hall–Kier alpha value is -2.83. The molecular weight excluding hydrogens is 377 g/mol. The third kappa shape index (κ3) is 4.41. The summed E-state index contributed by atoms with van der Waals surface area (Å²) in [6.45, 7) is 0.191. The van der Waals surface area contributed by atoms with Crippen molar-refractivity contribution >= 4 is 35.0 Å². The molecule has 0 saturated carbocycles. The number of amides is 1. The summed E-state index contributed by atoms with van der Waals surface area (Å²) in [4.78, 5) is 22.9. The predicted molar refractivity (Wildman–Crippen MR) is 101 cm³/mol. The number of hydrogen-bond donors (Lipinski definition) is 2. The SMILES string of the molecule is O=C(O)Nc1cccc(Cn2nc(-c3cc(Cl)cc(Cl)c3)ccc2=O)c1. The van der Waals surface area contributed by atoms with Gasteiger partial charge in [-0.25, -0.2) is 9.48 Å². The maximum atomic E-state index is 12.1. The minimum absolute atomic E-state index is 0.191. The third-order valence-corrected chi connectivity index (χ3v) is 3.97. The number of rotatable bonds is 4. The Morgan fingerprint density at radius 1 is 1.08 bits per heavy atom. The van der Waals surface area contributed by atoms with Crippen LogP contribution in [-0.2, 0) is 6.54 Å². The van der Waals surface area contributed by atoms with Crippen molar-refractivity contribution in [2.24, 2.45) is 0 Å². The number of halogens is 2. The van der Waals surface area contributed by atoms with Crippen molar-refractivity contribution in [3.63, 3.8) is 0 Å². The molecule has 3 rings (SSSR count). The van der Waals surface area contributed by atoms with Gasteiger partial charge in [-0.3, -0.25) is 10.1 Å². The molecule has 2 aromatic carbocycles. The second-order valence-corrected chi connectivity index (χ2v) is 6.38. The molecular formula is C18H13Cl2N3O3. The van der Waals surface area contributed by atoms with Gasteiger partial charge < -0.3 is 5.11 Å². The standard InChI is InChI=1S/C18H13Cl2N3O3/c19-13-7-12(8-14(20)9-13)16-4-5-17(24)23(22-16)10-11-2-1-3-15(6-11)21-18(25)26/h1-9,21H,10H2,(H,25,26). The van der Waals surface area contributed by atoms with Gasteiger partial charge in [0.05, 0.1) is 12.2 Å². The fraction of sp³-hybridized carbons (Fsp3) is 0.0556. The van der Waals surface area contributed by atoms with Crippen molar-refractivity contribution < 1.29 is 9.90 Å². The molecule has 0 atom stereocenters. The van der Waals surface area contributed by atoms with Gasteiger partial charge in [-0.15, -0.1) is 0 Å². The highest BCUT2D eigenvalue weighted by Gasteiger charge is 2.07. The molecule has 8 heteroatoms. The van der Waals surface area contributed by atoms with Crippen molar-refractivity contribution in [2.45, 2.75) is 6.54 Å². The normalized spacial score (nSPS) is 10.5. The Kier molecular flexibility index (Phi) is 5.25. The number of carboxylic acid groups (broad SMARTS) is 1. The van der Waals surface area contributed by atoms with Crippen molar-refractivity contribution in [3.8, 4) is 11.3 Å². The first-order valence-corrected chi connectivity index (χ1v) is 8.30. The van der Waals surface area contributed by atoms with Crippen LogP contribution in [0.25, 0.3) is 11.3 Å². The first kappa shape index (κ1) is 18.0. The van der Waals surface area contributed by atoms with Crippen molar-refractivity contribution in [1.29, 1.82) is 0 Å². The van der Waals surface area contributed by atoms with Crippen LogP contribution in [0.3, 0.4) is 0 Å². The van der Waals surface area contributed by atoms with Gasteiger partial charge in [-0.1, -0.05) is 35.3 Å². The van der Waals surface area contributed by atoms with Crippen LogP contribution < -0.4 is 10.9 Å². The minimum Gasteiger partial charge on any atom is -0.465 e. The number of hydrogen-bond acceptors (Lipinski definition) is 3. The number of nitrogens with one attached hydrogen (secondary N) is 1. The molecule has 26 heavy (non-hydrogen) atoms. The lowest BCUT2D eigenvalue weighted by Crippen LogP contribution is -2.23. The van der Waals surface area contributed by atoms with E-state index < -0.39 is 6.09 Å². The van der Waals surface area contributed by atoms with E-state index in [1.807, 2.05) is 0 Å². The molecule has 6 nitrogen and oxygen atoms in total. The number of nitrogens with zero attached hydrogens (tertiary/aromatic N) is 2. The third-order valence-electron chi connectivity index (χ3n) is 3.54. The summed E-state index contributed by atoms with van der Waals surface area (Å²) in [5.74, 6) is 0. The van der Waals surface area contributed by atoms with Gasteiger partial charge in [-0.05, 0) is 42.0 Å². The number of benzene rings is 2. The molecule has 1 aromatic heterocycles. The van der Waals surface area contributed by atoms with E-state index in [9.17, 15) is 9.59 Å². The van der Waals surface area contributed by atoms with E-state index in [0.29, 0.717) is 27.0 Å². The first-order chi connectivity index (χ1) is 12.4. The monoisotopic (exact) mass is 389 g/mol. The van der Waals surface area contributed by atoms with Crippen LogP contribution in [0, 0.1) is 0 Å². The zero-order valence-corrected chi connectivity index (χ0v) is 14.8. The van der Waals surface area contributed by atoms with Gasteiger partial charge in [-0.2, -0.15) is 5.10 Å². The van der Waals surface area contributed by atoms with Gasteiger partial charge in [0.2, 0.25) is 0 Å². The molecule has 0 radical (unpaired) electrons. The lowest BCUT2D eigenvalue weighted by molar-refractivity contribution is 0.210. The molecule has 132 valence electrons. The Balaban J connectivity index is 1.94. The Morgan fingerprint density at radius 2 is 1.81 bits per heavy atom. The van der Waals surface area contributed by atoms with Crippen LogP contribution >= 0.6 is 23.2 Å². The highest BCUT2D eigenvalue weighted by atomic mass is 35.5. The lowest BCUT2D eigenvalue weighted by atomic mass is 10.1. The zero-order valence-electron chi connectivity index (χ0n) is 13.3. The van der Waals surface area contributed by atoms with Gasteiger partial charge in [0, 0.05) is 27.4 Å². The van der Waals surface area contributed by atoms with Crippen molar-refractivity contribution in [3.05, 3.63) is 80.6 Å². The van der Waals surface area contributed by atoms with E-state index in [0.717, 1.165) is 5.56 Å². The summed E-state index contributed by atoms with van der Waals surface area (Å²) in [7, 11) is 0. The molecule has 0 unspecified atom stereocenters. The van der Waals surface area contributed by atoms with Crippen LogP contribution in [0.4, 0.5) is 10.5 Å². The molecule has 0 aliphatic heterocycles. The van der Waals surface area contributed by atoms with Gasteiger partial charge >= 0.3 is 6.09 Å². The summed E-state index contributed by atoms with van der Waals surface area (Å²) in [6.07, 6.45) is -1.16. The quantitative estimate of drug-likeness (QED) is 0.694. The molecule has 1 amide bonds. The van der Waals surface area contributed by atoms with Gasteiger partial charge in [0.25, 0.3) is 5.56 Å². The molecule has 0 aliphatic rings. The van der Waals surface area contributed by atoms with Crippen molar-refractivity contribution in [1.82, 2.24) is 9.78 Å². The Labute approximate surface area is 158 Å².